The monoisotopic (exact) mass is 1650 g/mol. The zero-order valence-corrected chi connectivity index (χ0v) is 65.3. The van der Waals surface area contributed by atoms with Gasteiger partial charge in [0.1, 0.15) is 119 Å². The number of nitrogens with two attached hydrogens (primary N) is 1. The lowest BCUT2D eigenvalue weighted by molar-refractivity contribution is -0.277. The molecule has 37 nitrogen and oxygen atoms in total. The van der Waals surface area contributed by atoms with Crippen molar-refractivity contribution in [3.63, 3.8) is 0 Å². The highest BCUT2D eigenvalue weighted by Gasteiger charge is 2.51. The molecule has 5 aromatic carbocycles. The van der Waals surface area contributed by atoms with Gasteiger partial charge in [-0.3, -0.25) is 38.5 Å². The van der Waals surface area contributed by atoms with Crippen molar-refractivity contribution in [3.8, 4) is 57.1 Å². The summed E-state index contributed by atoms with van der Waals surface area (Å²) in [5, 5.41) is 131. The number of hydrogen-bond acceptors (Lipinski definition) is 27. The second-order valence-electron chi connectivity index (χ2n) is 31.0. The van der Waals surface area contributed by atoms with E-state index in [1.165, 1.54) is 27.0 Å². The van der Waals surface area contributed by atoms with Gasteiger partial charge in [-0.15, -0.1) is 0 Å². The van der Waals surface area contributed by atoms with Crippen LogP contribution in [0.5, 0.6) is 46.0 Å². The molecule has 0 radical (unpaired) electrons. The molecule has 18 atom stereocenters. The van der Waals surface area contributed by atoms with Gasteiger partial charge in [0.05, 0.1) is 34.7 Å². The molecular formula is C76H91Cl2N9O28. The number of primary amides is 1. The molecule has 19 N–H and O–H groups in total. The van der Waals surface area contributed by atoms with Crippen molar-refractivity contribution >= 4 is 82.7 Å². The van der Waals surface area contributed by atoms with Crippen molar-refractivity contribution in [2.75, 3.05) is 13.7 Å². The molecule has 0 aromatic heterocycles. The van der Waals surface area contributed by atoms with Gasteiger partial charge in [-0.25, -0.2) is 14.4 Å². The molecule has 9 amide bonds. The Bertz CT molecular complexity index is 4620. The number of nitrogens with zero attached hydrogens (tertiary/aromatic N) is 1. The number of halogens is 2. The Balaban J connectivity index is 1.24. The minimum Gasteiger partial charge on any atom is -0.508 e. The summed E-state index contributed by atoms with van der Waals surface area (Å²) < 4.78 is 49.5. The first kappa shape index (κ1) is 86.8. The number of likely N-dealkylation sites (N-methyl/N-ethyl adjacent to an activating group) is 1. The first-order valence-electron chi connectivity index (χ1n) is 36.2. The van der Waals surface area contributed by atoms with Crippen LogP contribution in [0.25, 0.3) is 11.1 Å². The van der Waals surface area contributed by atoms with Crippen molar-refractivity contribution in [1.82, 2.24) is 42.1 Å². The van der Waals surface area contributed by atoms with E-state index < -0.39 is 283 Å². The summed E-state index contributed by atoms with van der Waals surface area (Å²) in [4.78, 5) is 149. The number of alkyl carbamates (subject to hydrolysis) is 1. The van der Waals surface area contributed by atoms with Crippen molar-refractivity contribution in [3.05, 3.63) is 117 Å². The zero-order valence-electron chi connectivity index (χ0n) is 63.8. The summed E-state index contributed by atoms with van der Waals surface area (Å²) in [7, 11) is 1.25. The number of aliphatic hydroxyl groups excluding tert-OH is 6. The minimum absolute atomic E-state index is 0.0784. The summed E-state index contributed by atoms with van der Waals surface area (Å²) in [6.07, 6.45) is -22.7. The molecule has 115 heavy (non-hydrogen) atoms. The van der Waals surface area contributed by atoms with Crippen LogP contribution >= 0.6 is 23.2 Å². The number of phenolic OH excluding ortho intramolecular Hbond substituents is 3. The molecule has 7 aliphatic heterocycles. The lowest BCUT2D eigenvalue weighted by Gasteiger charge is -2.46. The maximum atomic E-state index is 16.4. The third-order valence-electron chi connectivity index (χ3n) is 19.3. The second-order valence-corrected chi connectivity index (χ2v) is 31.8. The summed E-state index contributed by atoms with van der Waals surface area (Å²) in [6.45, 7) is 14.7. The highest BCUT2D eigenvalue weighted by atomic mass is 35.5. The first-order valence-corrected chi connectivity index (χ1v) is 37.0. The predicted octanol–water partition coefficient (Wildman–Crippen LogP) is 3.32. The van der Waals surface area contributed by atoms with Crippen LogP contribution in [0.2, 0.25) is 10.0 Å². The fraction of sp³-hybridized carbons (Fsp3) is 0.474. The molecule has 622 valence electrons. The number of aliphatic hydroxyl groups is 6. The fourth-order valence-electron chi connectivity index (χ4n) is 13.6. The summed E-state index contributed by atoms with van der Waals surface area (Å²) in [5.41, 5.74) is -1.21. The number of phenols is 3. The van der Waals surface area contributed by atoms with E-state index in [9.17, 15) is 75.0 Å². The number of carboxylic acid groups (broad SMARTS) is 1. The number of fused-ring (bicyclic) bond motifs is 15. The maximum absolute atomic E-state index is 16.4. The van der Waals surface area contributed by atoms with Gasteiger partial charge in [-0.1, -0.05) is 55.2 Å². The zero-order chi connectivity index (χ0) is 84.7. The van der Waals surface area contributed by atoms with Gasteiger partial charge < -0.3 is 132 Å². The molecule has 0 spiro atoms. The Morgan fingerprint density at radius 3 is 1.87 bits per heavy atom. The van der Waals surface area contributed by atoms with Crippen LogP contribution in [0.15, 0.2) is 78.9 Å². The van der Waals surface area contributed by atoms with E-state index in [4.69, 9.17) is 66.8 Å². The van der Waals surface area contributed by atoms with Gasteiger partial charge in [0.25, 0.3) is 0 Å². The summed E-state index contributed by atoms with van der Waals surface area (Å²) >= 11 is 14.4. The van der Waals surface area contributed by atoms with Gasteiger partial charge >= 0.3 is 18.2 Å². The number of amides is 9. The molecule has 39 heteroatoms. The lowest BCUT2D eigenvalue weighted by Crippen LogP contribution is -2.64. The van der Waals surface area contributed by atoms with Crippen molar-refractivity contribution < 1.29 is 137 Å². The van der Waals surface area contributed by atoms with Crippen molar-refractivity contribution in [1.29, 1.82) is 0 Å². The van der Waals surface area contributed by atoms with E-state index in [1.807, 2.05) is 0 Å². The fourth-order valence-corrected chi connectivity index (χ4v) is 14.1. The SMILES string of the molecule is CC(C)C[C@H](C(=O)N[C@H]1C(=O)N[C@@H](CC(N)=O)C(=O)N[C@H]2C(=O)N[C@H]3C(=O)N[C@H](C(=O)N[C@H](C(=O)O)c4cc(O)cc(O)c4-c4cc3ccc4O)[C@H](OC3CC(C)(NC(=O)OC(C)(C)C)C(O)C(C)O3)c3ccc(c(Cl)c3)Oc3cc2cc(c3OC2OC(CO)C(O)C(O)C2O)Oc2ccc(cc2Cl)[C@H]1O)N(C)C(=O)OC(C)(C)C. The molecule has 7 aliphatic rings. The largest absolute Gasteiger partial charge is 0.508 e. The molecule has 2 saturated heterocycles. The molecule has 9 unspecified atom stereocenters. The third-order valence-corrected chi connectivity index (χ3v) is 19.9. The van der Waals surface area contributed by atoms with Gasteiger partial charge in [-0.05, 0) is 145 Å². The van der Waals surface area contributed by atoms with E-state index in [0.29, 0.717) is 0 Å². The molecule has 0 saturated carbocycles. The van der Waals surface area contributed by atoms with E-state index in [1.54, 1.807) is 55.4 Å². The van der Waals surface area contributed by atoms with E-state index in [2.05, 4.69) is 37.2 Å². The second kappa shape index (κ2) is 34.5. The molecule has 0 aliphatic carbocycles. The number of nitrogens with one attached hydrogen (secondary N) is 7. The Morgan fingerprint density at radius 1 is 0.687 bits per heavy atom. The Kier molecular flexibility index (Phi) is 26.0. The van der Waals surface area contributed by atoms with Crippen LogP contribution in [0, 0.1) is 5.92 Å². The molecule has 2 fully saturated rings. The van der Waals surface area contributed by atoms with Crippen LogP contribution in [-0.2, 0) is 62.0 Å². The Labute approximate surface area is 666 Å². The number of rotatable bonds is 14. The van der Waals surface area contributed by atoms with Crippen LogP contribution in [0.3, 0.4) is 0 Å². The highest BCUT2D eigenvalue weighted by molar-refractivity contribution is 6.32. The number of carbonyl (C=O) groups excluding carboxylic acids is 9. The number of aromatic hydroxyl groups is 3. The normalized spacial score (nSPS) is 27.4. The average Bonchev–Trinajstić information content (AvgIpc) is 0.763. The summed E-state index contributed by atoms with van der Waals surface area (Å²) in [5.74, 6) is -17.4. The number of hydrogen-bond donors (Lipinski definition) is 18. The standard InChI is InChI=1S/C76H91Cl2N9O28/c1-29(2)18-41(87(11)73(107)115-75(7,8)9)65(99)84-55-57(93)32-13-16-44(38(77)20-32)109-46-22-34-23-47(62(46)113-71-60(96)59(95)58(94)48(28-88)111-71)110-45-17-14-33(21-39(45)78)61(112-50-27-76(10,63(97)30(3)108-50)86-72(106)114-74(4,5)6)56-69(103)83-54(70(104)105)37-24-35(89)25-43(91)51(37)36-19-31(12-15-42(36)90)52(66(100)85-56)82-67(101)53(34)81-64(98)40(26-49(79)92)80-68(55)102/h12-17,19-25,29-30,40-41,48,50,52-61,63,71,88-91,93-97H,18,26-28H2,1-11H3,(H2,79,92)(H,80,102)(H,81,98)(H,82,101)(H,83,103)(H,84,99)(H,85,100)(H,86,106)(H,104,105)/t30?,40-,41+,48?,50?,52+,53+,54-,55+,56-,57+,58?,59?,60?,61+,63?,71?,76?/m0/s1. The number of carboxylic acids is 1. The average molecular weight is 1650 g/mol. The van der Waals surface area contributed by atoms with Crippen molar-refractivity contribution in [2.24, 2.45) is 11.7 Å². The Morgan fingerprint density at radius 2 is 1.28 bits per heavy atom. The molecule has 7 heterocycles. The third kappa shape index (κ3) is 19.7. The number of ether oxygens (including phenoxy) is 8. The minimum atomic E-state index is -2.43. The number of benzene rings is 5. The number of carbonyl (C=O) groups is 10. The highest BCUT2D eigenvalue weighted by Crippen LogP contribution is 2.50. The van der Waals surface area contributed by atoms with Crippen LogP contribution in [-0.4, -0.2) is 219 Å². The van der Waals surface area contributed by atoms with Crippen LogP contribution in [0.4, 0.5) is 9.59 Å². The number of aliphatic carboxylic acids is 1. The van der Waals surface area contributed by atoms with Gasteiger partial charge in [0.2, 0.25) is 53.4 Å². The predicted molar refractivity (Wildman–Crippen MR) is 399 cm³/mol. The smallest absolute Gasteiger partial charge is 0.410 e. The molecular weight excluding hydrogens is 1560 g/mol. The molecule has 11 bridgehead atoms. The van der Waals surface area contributed by atoms with Gasteiger partial charge in [0, 0.05) is 36.2 Å². The van der Waals surface area contributed by atoms with Crippen LogP contribution < -0.4 is 57.2 Å². The topological polar surface area (TPSA) is 560 Å². The maximum Gasteiger partial charge on any atom is 0.410 e. The molecule has 12 rings (SSSR count). The van der Waals surface area contributed by atoms with Crippen molar-refractivity contribution in [2.45, 2.75) is 209 Å². The van der Waals surface area contributed by atoms with Crippen LogP contribution in [0.1, 0.15) is 147 Å². The van der Waals surface area contributed by atoms with E-state index in [0.717, 1.165) is 77.7 Å². The van der Waals surface area contributed by atoms with E-state index in [-0.39, 0.29) is 23.5 Å². The molecule has 5 aromatic rings. The Hall–Kier alpha value is -10.6. The van der Waals surface area contributed by atoms with Gasteiger partial charge in [0.15, 0.2) is 23.8 Å². The quantitative estimate of drug-likeness (QED) is 0.0758. The van der Waals surface area contributed by atoms with E-state index >= 15 is 24.0 Å². The summed E-state index contributed by atoms with van der Waals surface area (Å²) in [6, 6.07) is -2.02. The lowest BCUT2D eigenvalue weighted by atomic mass is 9.85. The van der Waals surface area contributed by atoms with Gasteiger partial charge in [-0.2, -0.15) is 0 Å². The first-order chi connectivity index (χ1) is 53.7.